The minimum absolute atomic E-state index is 0.000334. The third kappa shape index (κ3) is 5.35. The van der Waals surface area contributed by atoms with Crippen LogP contribution in [0.2, 0.25) is 0 Å². The standard InChI is InChI=1S/C26H22N2O7/c1-34-23-12-6-19(7-13-23)24(29)16-35-26(31)20-14-25(30)27(15-20)21-8-2-17(3-9-21)18-4-10-22(11-5-18)28(32)33/h2-13,20H,14-16H2,1H3/t20-/m0/s1. The molecule has 1 aliphatic heterocycles. The second kappa shape index (κ2) is 10.2. The SMILES string of the molecule is COc1ccc(C(=O)COC(=O)[C@H]2CC(=O)N(c3ccc(-c4ccc([N+](=O)[O-])cc4)cc3)C2)cc1. The number of rotatable bonds is 8. The number of nitro benzene ring substituents is 1. The van der Waals surface area contributed by atoms with Crippen LogP contribution in [-0.2, 0) is 14.3 Å². The summed E-state index contributed by atoms with van der Waals surface area (Å²) in [6.07, 6.45) is -0.000334. The number of anilines is 1. The van der Waals surface area contributed by atoms with Crippen LogP contribution in [0.15, 0.2) is 72.8 Å². The largest absolute Gasteiger partial charge is 0.497 e. The molecule has 1 amide bonds. The number of carbonyl (C=O) groups excluding carboxylic acids is 3. The van der Waals surface area contributed by atoms with Gasteiger partial charge in [-0.15, -0.1) is 0 Å². The molecule has 1 fully saturated rings. The normalized spacial score (nSPS) is 15.1. The number of ether oxygens (including phenoxy) is 2. The van der Waals surface area contributed by atoms with Crippen LogP contribution >= 0.6 is 0 Å². The molecule has 3 aromatic carbocycles. The number of methoxy groups -OCH3 is 1. The number of nitro groups is 1. The van der Waals surface area contributed by atoms with Gasteiger partial charge in [-0.1, -0.05) is 12.1 Å². The van der Waals surface area contributed by atoms with Gasteiger partial charge in [0.05, 0.1) is 18.0 Å². The van der Waals surface area contributed by atoms with Crippen LogP contribution in [0.5, 0.6) is 5.75 Å². The number of carbonyl (C=O) groups is 3. The molecule has 0 unspecified atom stereocenters. The molecule has 0 aromatic heterocycles. The smallest absolute Gasteiger partial charge is 0.311 e. The maximum absolute atomic E-state index is 12.5. The van der Waals surface area contributed by atoms with Gasteiger partial charge in [-0.25, -0.2) is 0 Å². The molecular formula is C26H22N2O7. The van der Waals surface area contributed by atoms with Crippen LogP contribution < -0.4 is 9.64 Å². The maximum Gasteiger partial charge on any atom is 0.311 e. The number of non-ortho nitro benzene ring substituents is 1. The van der Waals surface area contributed by atoms with E-state index in [0.717, 1.165) is 11.1 Å². The number of esters is 1. The van der Waals surface area contributed by atoms with E-state index in [-0.39, 0.29) is 30.3 Å². The average Bonchev–Trinajstić information content (AvgIpc) is 3.29. The Morgan fingerprint density at radius 3 is 2.14 bits per heavy atom. The molecule has 9 heteroatoms. The van der Waals surface area contributed by atoms with Crippen molar-refractivity contribution in [1.29, 1.82) is 0 Å². The van der Waals surface area contributed by atoms with Gasteiger partial charge in [0.1, 0.15) is 5.75 Å². The summed E-state index contributed by atoms with van der Waals surface area (Å²) in [5.41, 5.74) is 2.68. The van der Waals surface area contributed by atoms with Gasteiger partial charge in [0, 0.05) is 36.3 Å². The van der Waals surface area contributed by atoms with Crippen molar-refractivity contribution in [2.45, 2.75) is 6.42 Å². The molecule has 1 atom stereocenters. The van der Waals surface area contributed by atoms with Crippen LogP contribution in [0.25, 0.3) is 11.1 Å². The first-order chi connectivity index (χ1) is 16.9. The molecule has 0 spiro atoms. The Kier molecular flexibility index (Phi) is 6.86. The Hall–Kier alpha value is -4.53. The molecule has 0 aliphatic carbocycles. The summed E-state index contributed by atoms with van der Waals surface area (Å²) in [5, 5.41) is 10.8. The topological polar surface area (TPSA) is 116 Å². The highest BCUT2D eigenvalue weighted by Crippen LogP contribution is 2.29. The first-order valence-corrected chi connectivity index (χ1v) is 10.8. The third-order valence-electron chi connectivity index (χ3n) is 5.81. The summed E-state index contributed by atoms with van der Waals surface area (Å²) in [6, 6.07) is 19.8. The zero-order chi connectivity index (χ0) is 24.9. The second-order valence-corrected chi connectivity index (χ2v) is 8.02. The third-order valence-corrected chi connectivity index (χ3v) is 5.81. The van der Waals surface area contributed by atoms with E-state index < -0.39 is 23.4 Å². The van der Waals surface area contributed by atoms with Crippen molar-refractivity contribution >= 4 is 29.0 Å². The molecule has 4 rings (SSSR count). The highest BCUT2D eigenvalue weighted by atomic mass is 16.6. The monoisotopic (exact) mass is 474 g/mol. The lowest BCUT2D eigenvalue weighted by Gasteiger charge is -2.17. The maximum atomic E-state index is 12.5. The zero-order valence-electron chi connectivity index (χ0n) is 18.9. The summed E-state index contributed by atoms with van der Waals surface area (Å²) >= 11 is 0. The lowest BCUT2D eigenvalue weighted by molar-refractivity contribution is -0.384. The fourth-order valence-corrected chi connectivity index (χ4v) is 3.84. The Bertz CT molecular complexity index is 1250. The van der Waals surface area contributed by atoms with Crippen LogP contribution in [0.4, 0.5) is 11.4 Å². The van der Waals surface area contributed by atoms with Gasteiger partial charge in [-0.05, 0) is 59.7 Å². The molecule has 0 N–H and O–H groups in total. The lowest BCUT2D eigenvalue weighted by atomic mass is 10.0. The van der Waals surface area contributed by atoms with Crippen LogP contribution in [0.1, 0.15) is 16.8 Å². The average molecular weight is 474 g/mol. The Labute approximate surface area is 201 Å². The summed E-state index contributed by atoms with van der Waals surface area (Å²) in [5.74, 6) is -1.20. The first-order valence-electron chi connectivity index (χ1n) is 10.8. The minimum atomic E-state index is -0.666. The number of hydrogen-bond donors (Lipinski definition) is 0. The number of hydrogen-bond acceptors (Lipinski definition) is 7. The highest BCUT2D eigenvalue weighted by molar-refractivity contribution is 6.01. The molecule has 1 heterocycles. The van der Waals surface area contributed by atoms with Crippen molar-refractivity contribution in [2.75, 3.05) is 25.2 Å². The van der Waals surface area contributed by atoms with Gasteiger partial charge >= 0.3 is 5.97 Å². The van der Waals surface area contributed by atoms with E-state index in [4.69, 9.17) is 9.47 Å². The summed E-state index contributed by atoms with van der Waals surface area (Å²) in [4.78, 5) is 49.2. The predicted molar refractivity (Wildman–Crippen MR) is 127 cm³/mol. The van der Waals surface area contributed by atoms with Crippen molar-refractivity contribution in [3.8, 4) is 16.9 Å². The molecule has 0 bridgehead atoms. The molecule has 35 heavy (non-hydrogen) atoms. The number of benzene rings is 3. The molecular weight excluding hydrogens is 452 g/mol. The number of Topliss-reactive ketones (excluding diaryl/α,β-unsaturated/α-hetero) is 1. The number of amides is 1. The van der Waals surface area contributed by atoms with E-state index in [0.29, 0.717) is 17.0 Å². The van der Waals surface area contributed by atoms with Gasteiger partial charge in [0.2, 0.25) is 5.91 Å². The van der Waals surface area contributed by atoms with E-state index in [9.17, 15) is 24.5 Å². The highest BCUT2D eigenvalue weighted by Gasteiger charge is 2.36. The summed E-state index contributed by atoms with van der Waals surface area (Å²) in [6.45, 7) is -0.245. The van der Waals surface area contributed by atoms with Crippen molar-refractivity contribution in [1.82, 2.24) is 0 Å². The molecule has 3 aromatic rings. The van der Waals surface area contributed by atoms with E-state index in [1.165, 1.54) is 24.1 Å². The summed E-state index contributed by atoms with van der Waals surface area (Å²) < 4.78 is 10.2. The van der Waals surface area contributed by atoms with Crippen LogP contribution in [-0.4, -0.2) is 42.8 Å². The number of ketones is 1. The van der Waals surface area contributed by atoms with Crippen molar-refractivity contribution < 1.29 is 28.8 Å². The number of nitrogens with zero attached hydrogens (tertiary/aromatic N) is 2. The van der Waals surface area contributed by atoms with E-state index >= 15 is 0 Å². The van der Waals surface area contributed by atoms with Crippen molar-refractivity contribution in [3.05, 3.63) is 88.5 Å². The second-order valence-electron chi connectivity index (χ2n) is 8.02. The molecule has 1 aliphatic rings. The van der Waals surface area contributed by atoms with E-state index in [1.807, 2.05) is 12.1 Å². The molecule has 178 valence electrons. The van der Waals surface area contributed by atoms with E-state index in [1.54, 1.807) is 48.5 Å². The van der Waals surface area contributed by atoms with Gasteiger partial charge in [0.15, 0.2) is 12.4 Å². The quantitative estimate of drug-likeness (QED) is 0.209. The molecule has 1 saturated heterocycles. The van der Waals surface area contributed by atoms with Crippen molar-refractivity contribution in [2.24, 2.45) is 5.92 Å². The molecule has 9 nitrogen and oxygen atoms in total. The van der Waals surface area contributed by atoms with E-state index in [2.05, 4.69) is 0 Å². The molecule has 0 radical (unpaired) electrons. The first kappa shape index (κ1) is 23.6. The van der Waals surface area contributed by atoms with Crippen molar-refractivity contribution in [3.63, 3.8) is 0 Å². The fourth-order valence-electron chi connectivity index (χ4n) is 3.84. The Morgan fingerprint density at radius 2 is 1.57 bits per heavy atom. The van der Waals surface area contributed by atoms with Gasteiger partial charge in [-0.2, -0.15) is 0 Å². The lowest BCUT2D eigenvalue weighted by Crippen LogP contribution is -2.27. The Balaban J connectivity index is 1.35. The fraction of sp³-hybridized carbons (Fsp3) is 0.192. The molecule has 0 saturated carbocycles. The predicted octanol–water partition coefficient (Wildman–Crippen LogP) is 4.05. The summed E-state index contributed by atoms with van der Waals surface area (Å²) in [7, 11) is 1.53. The van der Waals surface area contributed by atoms with Gasteiger partial charge in [-0.3, -0.25) is 24.5 Å². The Morgan fingerprint density at radius 1 is 0.971 bits per heavy atom. The van der Waals surface area contributed by atoms with Gasteiger partial charge < -0.3 is 14.4 Å². The van der Waals surface area contributed by atoms with Gasteiger partial charge in [0.25, 0.3) is 5.69 Å². The zero-order valence-corrected chi connectivity index (χ0v) is 18.9. The van der Waals surface area contributed by atoms with Crippen LogP contribution in [0, 0.1) is 16.0 Å². The minimum Gasteiger partial charge on any atom is -0.497 e. The van der Waals surface area contributed by atoms with Crippen LogP contribution in [0.3, 0.4) is 0 Å².